The molecule has 0 bridgehead atoms. The van der Waals surface area contributed by atoms with E-state index in [-0.39, 0.29) is 28.7 Å². The van der Waals surface area contributed by atoms with E-state index in [0.717, 1.165) is 16.1 Å². The van der Waals surface area contributed by atoms with Crippen LogP contribution in [-0.2, 0) is 32.6 Å². The fourth-order valence-corrected chi connectivity index (χ4v) is 5.33. The summed E-state index contributed by atoms with van der Waals surface area (Å²) in [4.78, 5) is 28.3. The van der Waals surface area contributed by atoms with Crippen LogP contribution in [0.2, 0.25) is 15.1 Å². The Bertz CT molecular complexity index is 1370. The number of sulfonamides is 1. The zero-order valence-electron chi connectivity index (χ0n) is 20.2. The van der Waals surface area contributed by atoms with Crippen LogP contribution < -0.4 is 9.62 Å². The van der Waals surface area contributed by atoms with Gasteiger partial charge in [-0.2, -0.15) is 0 Å². The minimum absolute atomic E-state index is 0.0190. The van der Waals surface area contributed by atoms with E-state index in [1.807, 2.05) is 30.3 Å². The third-order valence-electron chi connectivity index (χ3n) is 5.62. The monoisotopic (exact) mass is 581 g/mol. The van der Waals surface area contributed by atoms with Gasteiger partial charge in [-0.1, -0.05) is 77.3 Å². The van der Waals surface area contributed by atoms with E-state index in [4.69, 9.17) is 34.8 Å². The Morgan fingerprint density at radius 1 is 0.892 bits per heavy atom. The highest BCUT2D eigenvalue weighted by atomic mass is 35.5. The van der Waals surface area contributed by atoms with Crippen molar-refractivity contribution in [1.29, 1.82) is 0 Å². The van der Waals surface area contributed by atoms with Crippen molar-refractivity contribution < 1.29 is 18.0 Å². The maximum Gasteiger partial charge on any atom is 0.244 e. The second-order valence-electron chi connectivity index (χ2n) is 8.34. The molecule has 0 saturated carbocycles. The summed E-state index contributed by atoms with van der Waals surface area (Å²) in [6.45, 7) is -0.576. The average Bonchev–Trinajstić information content (AvgIpc) is 2.85. The number of halogens is 3. The molecule has 3 rings (SSSR count). The number of hydrogen-bond acceptors (Lipinski definition) is 4. The maximum atomic E-state index is 13.8. The van der Waals surface area contributed by atoms with Gasteiger partial charge in [-0.15, -0.1) is 0 Å². The van der Waals surface area contributed by atoms with Crippen LogP contribution in [0.3, 0.4) is 0 Å². The molecule has 0 spiro atoms. The van der Waals surface area contributed by atoms with Crippen molar-refractivity contribution in [3.8, 4) is 0 Å². The van der Waals surface area contributed by atoms with Gasteiger partial charge in [0.05, 0.1) is 17.0 Å². The first-order valence-corrected chi connectivity index (χ1v) is 14.2. The SMILES string of the molecule is CNC(=O)[C@@H](Cc1ccccc1)N(Cc1cccc(Cl)c1)C(=O)CN(c1cc(Cl)ccc1Cl)S(C)(=O)=O. The molecule has 3 aromatic rings. The van der Waals surface area contributed by atoms with E-state index in [1.165, 1.54) is 30.1 Å². The van der Waals surface area contributed by atoms with Gasteiger partial charge in [-0.05, 0) is 41.5 Å². The van der Waals surface area contributed by atoms with Crippen molar-refractivity contribution in [2.45, 2.75) is 19.0 Å². The standard InChI is InChI=1S/C26H26Cl3N3O4S/c1-30-26(34)24(14-18-7-4-3-5-8-18)31(16-19-9-6-10-20(27)13-19)25(33)17-32(37(2,35)36)23-15-21(28)11-12-22(23)29/h3-13,15,24H,14,16-17H2,1-2H3,(H,30,34)/t24-/m1/s1. The number of rotatable bonds is 10. The number of nitrogens with zero attached hydrogens (tertiary/aromatic N) is 2. The maximum absolute atomic E-state index is 13.8. The Labute approximate surface area is 232 Å². The third kappa shape index (κ3) is 7.85. The molecule has 37 heavy (non-hydrogen) atoms. The van der Waals surface area contributed by atoms with Crippen molar-refractivity contribution in [2.75, 3.05) is 24.2 Å². The lowest BCUT2D eigenvalue weighted by molar-refractivity contribution is -0.139. The highest BCUT2D eigenvalue weighted by Gasteiger charge is 2.33. The molecule has 1 atom stereocenters. The smallest absolute Gasteiger partial charge is 0.244 e. The summed E-state index contributed by atoms with van der Waals surface area (Å²) in [5.74, 6) is -1.00. The van der Waals surface area contributed by atoms with Gasteiger partial charge in [0.15, 0.2) is 0 Å². The predicted octanol–water partition coefficient (Wildman–Crippen LogP) is 4.80. The van der Waals surface area contributed by atoms with Crippen molar-refractivity contribution in [1.82, 2.24) is 10.2 Å². The molecule has 7 nitrogen and oxygen atoms in total. The molecule has 3 aromatic carbocycles. The molecule has 0 aliphatic carbocycles. The van der Waals surface area contributed by atoms with Crippen LogP contribution in [0, 0.1) is 0 Å². The Morgan fingerprint density at radius 2 is 1.54 bits per heavy atom. The number of carbonyl (C=O) groups excluding carboxylic acids is 2. The van der Waals surface area contributed by atoms with Crippen molar-refractivity contribution in [3.05, 3.63) is 99.0 Å². The van der Waals surface area contributed by atoms with E-state index in [2.05, 4.69) is 5.32 Å². The van der Waals surface area contributed by atoms with Crippen molar-refractivity contribution >= 4 is 62.3 Å². The number of hydrogen-bond donors (Lipinski definition) is 1. The Balaban J connectivity index is 2.06. The minimum atomic E-state index is -3.95. The summed E-state index contributed by atoms with van der Waals surface area (Å²) in [7, 11) is -2.47. The highest BCUT2D eigenvalue weighted by molar-refractivity contribution is 7.92. The van der Waals surface area contributed by atoms with E-state index >= 15 is 0 Å². The number of benzene rings is 3. The molecule has 0 aliphatic rings. The fourth-order valence-electron chi connectivity index (χ4n) is 3.82. The van der Waals surface area contributed by atoms with Gasteiger partial charge in [-0.3, -0.25) is 13.9 Å². The quantitative estimate of drug-likeness (QED) is 0.372. The summed E-state index contributed by atoms with van der Waals surface area (Å²) >= 11 is 18.5. The second kappa shape index (κ2) is 12.6. The van der Waals surface area contributed by atoms with Gasteiger partial charge in [0, 0.05) is 30.1 Å². The summed E-state index contributed by atoms with van der Waals surface area (Å²) in [6, 6.07) is 19.5. The summed E-state index contributed by atoms with van der Waals surface area (Å²) in [5, 5.41) is 3.45. The molecule has 0 aromatic heterocycles. The minimum Gasteiger partial charge on any atom is -0.357 e. The second-order valence-corrected chi connectivity index (χ2v) is 11.5. The molecule has 0 fully saturated rings. The molecular weight excluding hydrogens is 557 g/mol. The molecule has 0 heterocycles. The molecule has 0 aliphatic heterocycles. The number of anilines is 1. The topological polar surface area (TPSA) is 86.8 Å². The van der Waals surface area contributed by atoms with Crippen LogP contribution in [-0.4, -0.2) is 51.0 Å². The van der Waals surface area contributed by atoms with Crippen LogP contribution in [0.5, 0.6) is 0 Å². The molecule has 0 saturated heterocycles. The lowest BCUT2D eigenvalue weighted by atomic mass is 10.0. The number of carbonyl (C=O) groups is 2. The van der Waals surface area contributed by atoms with Gasteiger partial charge in [-0.25, -0.2) is 8.42 Å². The van der Waals surface area contributed by atoms with Crippen LogP contribution >= 0.6 is 34.8 Å². The van der Waals surface area contributed by atoms with E-state index in [1.54, 1.807) is 24.3 Å². The van der Waals surface area contributed by atoms with Gasteiger partial charge in [0.1, 0.15) is 12.6 Å². The van der Waals surface area contributed by atoms with Crippen molar-refractivity contribution in [3.63, 3.8) is 0 Å². The van der Waals surface area contributed by atoms with Gasteiger partial charge in [0.2, 0.25) is 21.8 Å². The number of amides is 2. The Morgan fingerprint density at radius 3 is 2.16 bits per heavy atom. The van der Waals surface area contributed by atoms with E-state index in [0.29, 0.717) is 10.6 Å². The van der Waals surface area contributed by atoms with Gasteiger partial charge in [0.25, 0.3) is 0 Å². The number of likely N-dealkylation sites (N-methyl/N-ethyl adjacent to an activating group) is 1. The van der Waals surface area contributed by atoms with Crippen LogP contribution in [0.15, 0.2) is 72.8 Å². The predicted molar refractivity (Wildman–Crippen MR) is 149 cm³/mol. The molecule has 0 unspecified atom stereocenters. The zero-order chi connectivity index (χ0) is 27.2. The molecule has 1 N–H and O–H groups in total. The van der Waals surface area contributed by atoms with Gasteiger partial charge < -0.3 is 10.2 Å². The number of nitrogens with one attached hydrogen (secondary N) is 1. The molecule has 0 radical (unpaired) electrons. The fraction of sp³-hybridized carbons (Fsp3) is 0.231. The van der Waals surface area contributed by atoms with Crippen LogP contribution in [0.4, 0.5) is 5.69 Å². The average molecular weight is 583 g/mol. The summed E-state index contributed by atoms with van der Waals surface area (Å²) < 4.78 is 26.4. The Kier molecular flexibility index (Phi) is 9.84. The van der Waals surface area contributed by atoms with Crippen molar-refractivity contribution in [2.24, 2.45) is 0 Å². The Hall–Kier alpha value is -2.78. The molecule has 2 amide bonds. The summed E-state index contributed by atoms with van der Waals surface area (Å²) in [5.41, 5.74) is 1.57. The molecule has 196 valence electrons. The summed E-state index contributed by atoms with van der Waals surface area (Å²) in [6.07, 6.45) is 1.18. The normalized spacial score (nSPS) is 12.0. The third-order valence-corrected chi connectivity index (χ3v) is 7.53. The molecule has 11 heteroatoms. The first-order valence-electron chi connectivity index (χ1n) is 11.2. The first-order chi connectivity index (χ1) is 17.5. The van der Waals surface area contributed by atoms with Crippen LogP contribution in [0.25, 0.3) is 0 Å². The zero-order valence-corrected chi connectivity index (χ0v) is 23.3. The lowest BCUT2D eigenvalue weighted by Crippen LogP contribution is -2.52. The van der Waals surface area contributed by atoms with E-state index in [9.17, 15) is 18.0 Å². The highest BCUT2D eigenvalue weighted by Crippen LogP contribution is 2.31. The first kappa shape index (κ1) is 28.8. The lowest BCUT2D eigenvalue weighted by Gasteiger charge is -2.33. The molecular formula is C26H26Cl3N3O4S. The van der Waals surface area contributed by atoms with Crippen LogP contribution in [0.1, 0.15) is 11.1 Å². The van der Waals surface area contributed by atoms with E-state index < -0.39 is 34.4 Å². The van der Waals surface area contributed by atoms with Gasteiger partial charge >= 0.3 is 0 Å². The largest absolute Gasteiger partial charge is 0.357 e.